The molecule has 0 bridgehead atoms. The molecule has 4 heterocycles. The van der Waals surface area contributed by atoms with Gasteiger partial charge in [0.1, 0.15) is 0 Å². The summed E-state index contributed by atoms with van der Waals surface area (Å²) >= 11 is 12.3. The highest BCUT2D eigenvalue weighted by molar-refractivity contribution is 8.44. The van der Waals surface area contributed by atoms with Crippen molar-refractivity contribution in [3.8, 4) is 0 Å². The zero-order valence-corrected chi connectivity index (χ0v) is 19.6. The van der Waals surface area contributed by atoms with E-state index in [0.29, 0.717) is 0 Å². The summed E-state index contributed by atoms with van der Waals surface area (Å²) in [6.07, 6.45) is 0. The molecule has 114 valence electrons. The molecule has 0 unspecified atom stereocenters. The summed E-state index contributed by atoms with van der Waals surface area (Å²) in [4.78, 5) is 0. The molecule has 0 saturated carbocycles. The average Bonchev–Trinajstić information content (AvgIpc) is 3.01. The minimum absolute atomic E-state index is 0.251. The molecule has 0 spiro atoms. The van der Waals surface area contributed by atoms with Crippen molar-refractivity contribution in [1.29, 1.82) is 0 Å². The van der Waals surface area contributed by atoms with Gasteiger partial charge in [0, 0.05) is 0 Å². The third kappa shape index (κ3) is 3.77. The summed E-state index contributed by atoms with van der Waals surface area (Å²) in [5.41, 5.74) is 0. The second-order valence-electron chi connectivity index (χ2n) is 5.94. The van der Waals surface area contributed by atoms with Crippen LogP contribution in [0.4, 0.5) is 0 Å². The molecule has 0 saturated heterocycles. The summed E-state index contributed by atoms with van der Waals surface area (Å²) in [7, 11) is 48.8. The second kappa shape index (κ2) is 7.16. The molecule has 0 amide bonds. The van der Waals surface area contributed by atoms with E-state index in [-0.39, 0.29) is 9.16 Å². The predicted octanol–water partition coefficient (Wildman–Crippen LogP) is 1.78. The lowest BCUT2D eigenvalue weighted by atomic mass is 9.47. The maximum atomic E-state index is 6.10. The van der Waals surface area contributed by atoms with Crippen molar-refractivity contribution in [2.75, 3.05) is 0 Å². The van der Waals surface area contributed by atoms with Crippen LogP contribution in [0.5, 0.6) is 0 Å². The van der Waals surface area contributed by atoms with E-state index in [9.17, 15) is 0 Å². The topological polar surface area (TPSA) is 0 Å². The minimum atomic E-state index is -1.23. The standard InChI is InChI=1S/C10H2B8S8/c11-7(12)8(13,14)24-4-3(23-7)19-1(20-4)2-21-5-6(22-2)26-10(17,18)9(15,16)25-5/h1-2H. The first-order valence-corrected chi connectivity index (χ1v) is 13.8. The number of thioether (sulfide) groups is 8. The van der Waals surface area contributed by atoms with Gasteiger partial charge >= 0.3 is 0 Å². The average molecular weight is 465 g/mol. The Balaban J connectivity index is 1.46. The molecule has 4 aliphatic rings. The SMILES string of the molecule is [B]C1([B])SC2=C(SC(C3SC4=C(S3)SC([B])([B])C([B])([B])S4)S2)SC1([B])[B]. The van der Waals surface area contributed by atoms with E-state index in [0.717, 1.165) is 16.9 Å². The normalized spacial score (nSPS) is 32.5. The van der Waals surface area contributed by atoms with Gasteiger partial charge < -0.3 is 0 Å². The Morgan fingerprint density at radius 2 is 0.615 bits per heavy atom. The van der Waals surface area contributed by atoms with Crippen molar-refractivity contribution in [2.45, 2.75) is 27.3 Å². The number of hydrogen-bond acceptors (Lipinski definition) is 8. The molecule has 26 heavy (non-hydrogen) atoms. The Hall–Kier alpha value is 2.80. The van der Waals surface area contributed by atoms with Gasteiger partial charge in [0.25, 0.3) is 0 Å². The first-order valence-electron chi connectivity index (χ1n) is 7.04. The third-order valence-corrected chi connectivity index (χ3v) is 17.0. The highest BCUT2D eigenvalue weighted by Gasteiger charge is 2.50. The Bertz CT molecular complexity index is 602. The Morgan fingerprint density at radius 1 is 0.423 bits per heavy atom. The van der Waals surface area contributed by atoms with Gasteiger partial charge in [-0.25, -0.2) is 0 Å². The Kier molecular flexibility index (Phi) is 6.06. The molecule has 0 N–H and O–H groups in total. The molecule has 0 atom stereocenters. The molecule has 0 nitrogen and oxygen atoms in total. The molecule has 0 aliphatic carbocycles. The molecule has 4 rings (SSSR count). The van der Waals surface area contributed by atoms with Crippen molar-refractivity contribution in [3.05, 3.63) is 16.9 Å². The van der Waals surface area contributed by atoms with E-state index < -0.39 is 18.2 Å². The second-order valence-corrected chi connectivity index (χ2v) is 17.3. The van der Waals surface area contributed by atoms with Crippen LogP contribution in [-0.2, 0) is 0 Å². The number of hydrogen-bond donors (Lipinski definition) is 0. The fraction of sp³-hybridized carbons (Fsp3) is 0.600. The van der Waals surface area contributed by atoms with Gasteiger partial charge in [0.05, 0.1) is 88.9 Å². The molecule has 16 radical (unpaired) electrons. The van der Waals surface area contributed by atoms with Crippen molar-refractivity contribution >= 4 is 157 Å². The summed E-state index contributed by atoms with van der Waals surface area (Å²) in [6.45, 7) is 0. The quantitative estimate of drug-likeness (QED) is 0.532. The third-order valence-electron chi connectivity index (χ3n) is 3.72. The van der Waals surface area contributed by atoms with Gasteiger partial charge in [-0.1, -0.05) is 18.2 Å². The Labute approximate surface area is 199 Å². The molecular weight excluding hydrogens is 463 g/mol. The van der Waals surface area contributed by atoms with Crippen LogP contribution in [0.15, 0.2) is 16.9 Å². The van der Waals surface area contributed by atoms with Gasteiger partial charge in [-0.3, -0.25) is 0 Å². The van der Waals surface area contributed by atoms with Crippen LogP contribution >= 0.6 is 94.1 Å². The molecular formula is C10H2B8S8. The minimum Gasteiger partial charge on any atom is -0.130 e. The molecule has 0 aromatic rings. The van der Waals surface area contributed by atoms with Gasteiger partial charge in [0.15, 0.2) is 0 Å². The van der Waals surface area contributed by atoms with Crippen molar-refractivity contribution in [3.63, 3.8) is 0 Å². The first kappa shape index (κ1) is 22.0. The summed E-state index contributed by atoms with van der Waals surface area (Å²) in [5.74, 6) is 0. The van der Waals surface area contributed by atoms with Crippen LogP contribution < -0.4 is 0 Å². The lowest BCUT2D eigenvalue weighted by molar-refractivity contribution is 1.13. The maximum Gasteiger partial charge on any atom is 0.0825 e. The zero-order valence-electron chi connectivity index (χ0n) is 13.0. The highest BCUT2D eigenvalue weighted by Crippen LogP contribution is 2.71. The van der Waals surface area contributed by atoms with Crippen LogP contribution in [0.25, 0.3) is 0 Å². The summed E-state index contributed by atoms with van der Waals surface area (Å²) in [5, 5.41) is 0. The Morgan fingerprint density at radius 3 is 0.808 bits per heavy atom. The maximum absolute atomic E-state index is 6.10. The summed E-state index contributed by atoms with van der Waals surface area (Å²) in [6, 6.07) is 0. The van der Waals surface area contributed by atoms with Crippen molar-refractivity contribution < 1.29 is 0 Å². The van der Waals surface area contributed by atoms with E-state index in [2.05, 4.69) is 0 Å². The van der Waals surface area contributed by atoms with Crippen molar-refractivity contribution in [2.24, 2.45) is 0 Å². The van der Waals surface area contributed by atoms with Gasteiger partial charge in [0.2, 0.25) is 0 Å². The molecule has 16 heteroatoms. The molecule has 0 aromatic carbocycles. The van der Waals surface area contributed by atoms with Gasteiger partial charge in [-0.15, -0.1) is 94.1 Å². The molecule has 0 aromatic heterocycles. The van der Waals surface area contributed by atoms with E-state index in [1.54, 1.807) is 47.0 Å². The van der Waals surface area contributed by atoms with Crippen LogP contribution in [0.2, 0.25) is 0 Å². The molecule has 4 aliphatic heterocycles. The van der Waals surface area contributed by atoms with Crippen LogP contribution in [0, 0.1) is 0 Å². The first-order chi connectivity index (χ1) is 11.8. The van der Waals surface area contributed by atoms with Crippen molar-refractivity contribution in [1.82, 2.24) is 0 Å². The predicted molar refractivity (Wildman–Crippen MR) is 139 cm³/mol. The largest absolute Gasteiger partial charge is 0.130 e. The zero-order chi connectivity index (χ0) is 19.1. The fourth-order valence-electron chi connectivity index (χ4n) is 2.08. The number of rotatable bonds is 1. The van der Waals surface area contributed by atoms with E-state index in [4.69, 9.17) is 62.8 Å². The monoisotopic (exact) mass is 466 g/mol. The van der Waals surface area contributed by atoms with E-state index >= 15 is 0 Å². The fourth-order valence-corrected chi connectivity index (χ4v) is 15.9. The van der Waals surface area contributed by atoms with E-state index in [1.165, 1.54) is 47.0 Å². The van der Waals surface area contributed by atoms with Crippen LogP contribution in [-0.4, -0.2) is 90.1 Å². The lowest BCUT2D eigenvalue weighted by Crippen LogP contribution is -2.52. The van der Waals surface area contributed by atoms with E-state index in [1.807, 2.05) is 0 Å². The van der Waals surface area contributed by atoms with Crippen LogP contribution in [0.1, 0.15) is 0 Å². The highest BCUT2D eigenvalue weighted by atomic mass is 32.3. The van der Waals surface area contributed by atoms with Gasteiger partial charge in [-0.2, -0.15) is 0 Å². The smallest absolute Gasteiger partial charge is 0.0825 e. The molecule has 0 fully saturated rings. The van der Waals surface area contributed by atoms with Gasteiger partial charge in [-0.05, 0) is 0 Å². The van der Waals surface area contributed by atoms with Crippen LogP contribution in [0.3, 0.4) is 0 Å². The summed E-state index contributed by atoms with van der Waals surface area (Å²) < 4.78 is -0.101. The lowest BCUT2D eigenvalue weighted by Gasteiger charge is -2.46.